The number of nitro groups is 2. The Hall–Kier alpha value is -6.98. The van der Waals surface area contributed by atoms with Gasteiger partial charge in [0.15, 0.2) is 0 Å². The van der Waals surface area contributed by atoms with E-state index in [1.54, 1.807) is 48.6 Å². The first-order valence-corrected chi connectivity index (χ1v) is 29.8. The lowest BCUT2D eigenvalue weighted by Crippen LogP contribution is -2.62. The van der Waals surface area contributed by atoms with Crippen LogP contribution in [-0.2, 0) is 30.0 Å². The Labute approximate surface area is 469 Å². The summed E-state index contributed by atoms with van der Waals surface area (Å²) in [5, 5.41) is 24.2. The van der Waals surface area contributed by atoms with E-state index in [0.29, 0.717) is 77.3 Å². The van der Waals surface area contributed by atoms with Crippen LogP contribution in [0.25, 0.3) is 0 Å². The molecule has 0 unspecified atom stereocenters. The first-order chi connectivity index (χ1) is 38.4. The Kier molecular flexibility index (Phi) is 16.4. The third-order valence-electron chi connectivity index (χ3n) is 18.9. The van der Waals surface area contributed by atoms with E-state index in [0.717, 1.165) is 124 Å². The zero-order valence-corrected chi connectivity index (χ0v) is 47.1. The van der Waals surface area contributed by atoms with Crippen LogP contribution in [0, 0.1) is 20.2 Å². The van der Waals surface area contributed by atoms with Crippen LogP contribution < -0.4 is 9.80 Å². The van der Waals surface area contributed by atoms with Gasteiger partial charge < -0.3 is 9.80 Å². The molecule has 2 aromatic rings. The van der Waals surface area contributed by atoms with Crippen molar-refractivity contribution in [2.45, 2.75) is 217 Å². The van der Waals surface area contributed by atoms with Crippen LogP contribution in [0.3, 0.4) is 0 Å². The third-order valence-corrected chi connectivity index (χ3v) is 18.9. The number of fused-ring (bicyclic) bond motifs is 2. The van der Waals surface area contributed by atoms with Crippen molar-refractivity contribution in [2.75, 3.05) is 22.9 Å². The van der Waals surface area contributed by atoms with Gasteiger partial charge in [-0.25, -0.2) is 9.59 Å². The first-order valence-electron chi connectivity index (χ1n) is 29.8. The average Bonchev–Trinajstić information content (AvgIpc) is 3.80. The summed E-state index contributed by atoms with van der Waals surface area (Å²) < 4.78 is 0. The standard InChI is InChI=1S/C62H78N8O10/c1-61(2)49-39-45(69(77)78)29-33-51(49)63(53(61)35-31-47-55(71)65(41-21-11-7-12-22-41)59(75)66(56(47)72)42-23-13-8-14-24-42)37-19-5-6-20-38-64-52-34-30-46(70(79)80)40-50(52)62(3,4)54(64)36-32-48-57(73)67(43-25-15-9-16-26-43)60(76)68(58(48)74)44-27-17-10-18-28-44/h29-36,39-44H,5-28,37-38H2,1-4H3/b53-35-,54-36+. The van der Waals surface area contributed by atoms with Crippen LogP contribution in [-0.4, -0.2) is 102 Å². The van der Waals surface area contributed by atoms with Crippen molar-refractivity contribution in [3.05, 3.63) is 115 Å². The van der Waals surface area contributed by atoms with Gasteiger partial charge >= 0.3 is 12.1 Å². The van der Waals surface area contributed by atoms with Crippen LogP contribution in [0.4, 0.5) is 32.3 Å². The smallest absolute Gasteiger partial charge is 0.334 e. The maximum absolute atomic E-state index is 14.5. The second-order valence-corrected chi connectivity index (χ2v) is 24.6. The number of anilines is 2. The lowest BCUT2D eigenvalue weighted by molar-refractivity contribution is -0.385. The Morgan fingerprint density at radius 3 is 1.00 bits per heavy atom. The Balaban J connectivity index is 0.906. The van der Waals surface area contributed by atoms with Crippen molar-refractivity contribution in [3.8, 4) is 0 Å². The highest BCUT2D eigenvalue weighted by molar-refractivity contribution is 6.30. The van der Waals surface area contributed by atoms with Crippen LogP contribution in [0.2, 0.25) is 0 Å². The SMILES string of the molecule is CC1(C)/C(=C/C=C2C(=O)N(C3CCCCC3)C(=O)N(C3CCCCC3)C2=O)N(CCCCCCN2/C(=C/C=C3C(=O)N(C4CCCCC4)C(=O)N(C4CCCCC4)C3=O)C(C)(C)c3cc([N+](=O)[O-])ccc32)c2ccc([N+](=O)[O-])cc21. The van der Waals surface area contributed by atoms with Crippen molar-refractivity contribution in [1.29, 1.82) is 0 Å². The van der Waals surface area contributed by atoms with Gasteiger partial charge in [0.1, 0.15) is 11.1 Å². The van der Waals surface area contributed by atoms with Crippen LogP contribution in [0.15, 0.2) is 83.2 Å². The van der Waals surface area contributed by atoms with Crippen LogP contribution in [0.1, 0.15) is 193 Å². The first kappa shape index (κ1) is 56.3. The third kappa shape index (κ3) is 10.5. The number of non-ortho nitro benzene ring substituents is 2. The molecule has 80 heavy (non-hydrogen) atoms. The molecule has 4 aliphatic carbocycles. The lowest BCUT2D eigenvalue weighted by atomic mass is 9.83. The van der Waals surface area contributed by atoms with Crippen molar-refractivity contribution in [1.82, 2.24) is 19.6 Å². The maximum Gasteiger partial charge on any atom is 0.334 e. The molecule has 18 heteroatoms. The van der Waals surface area contributed by atoms with Gasteiger partial charge in [-0.1, -0.05) is 118 Å². The van der Waals surface area contributed by atoms with Gasteiger partial charge in [0.25, 0.3) is 35.0 Å². The molecule has 2 saturated heterocycles. The Morgan fingerprint density at radius 2 is 0.725 bits per heavy atom. The highest BCUT2D eigenvalue weighted by Crippen LogP contribution is 2.51. The normalized spacial score (nSPS) is 23.5. The maximum atomic E-state index is 14.5. The van der Waals surface area contributed by atoms with Crippen molar-refractivity contribution >= 4 is 58.4 Å². The molecule has 8 aliphatic rings. The summed E-state index contributed by atoms with van der Waals surface area (Å²) in [6, 6.07) is 7.59. The molecule has 10 rings (SSSR count). The fraction of sp³-hybridized carbons (Fsp3) is 0.581. The molecule has 0 atom stereocenters. The number of hydrogen-bond acceptors (Lipinski definition) is 12. The van der Waals surface area contributed by atoms with Crippen molar-refractivity contribution in [3.63, 3.8) is 0 Å². The topological polar surface area (TPSA) is 208 Å². The van der Waals surface area contributed by atoms with Gasteiger partial charge in [-0.2, -0.15) is 0 Å². The largest absolute Gasteiger partial charge is 0.344 e. The number of imide groups is 4. The lowest BCUT2D eigenvalue weighted by Gasteiger charge is -2.43. The molecule has 2 aromatic carbocycles. The number of unbranched alkanes of at least 4 members (excludes halogenated alkanes) is 3. The zero-order valence-electron chi connectivity index (χ0n) is 47.1. The number of nitro benzene ring substituents is 2. The summed E-state index contributed by atoms with van der Waals surface area (Å²) in [5.41, 5.74) is 2.90. The Bertz CT molecular complexity index is 2690. The number of amides is 8. The zero-order chi connectivity index (χ0) is 56.6. The number of hydrogen-bond donors (Lipinski definition) is 0. The number of benzene rings is 2. The number of nitrogens with zero attached hydrogens (tertiary/aromatic N) is 8. The molecule has 0 radical (unpaired) electrons. The Morgan fingerprint density at radius 1 is 0.438 bits per heavy atom. The van der Waals surface area contributed by atoms with Crippen molar-refractivity contribution < 1.29 is 38.6 Å². The van der Waals surface area contributed by atoms with Gasteiger partial charge in [-0.05, 0) is 112 Å². The second kappa shape index (κ2) is 23.2. The summed E-state index contributed by atoms with van der Waals surface area (Å²) in [5.74, 6) is -2.28. The van der Waals surface area contributed by atoms with E-state index in [1.807, 2.05) is 27.7 Å². The quantitative estimate of drug-likeness (QED) is 0.0536. The monoisotopic (exact) mass is 1090 g/mol. The molecular formula is C62H78N8O10. The highest BCUT2D eigenvalue weighted by atomic mass is 16.6. The molecule has 8 amide bonds. The summed E-state index contributed by atoms with van der Waals surface area (Å²) in [6.07, 6.45) is 26.7. The predicted molar refractivity (Wildman–Crippen MR) is 303 cm³/mol. The van der Waals surface area contributed by atoms with Gasteiger partial charge in [0, 0.05) is 95.1 Å². The molecule has 0 N–H and O–H groups in total. The minimum atomic E-state index is -0.769. The molecular weight excluding hydrogens is 1020 g/mol. The fourth-order valence-electron chi connectivity index (χ4n) is 14.5. The molecule has 4 saturated carbocycles. The second-order valence-electron chi connectivity index (χ2n) is 24.6. The minimum absolute atomic E-state index is 0.0421. The molecule has 4 aliphatic heterocycles. The minimum Gasteiger partial charge on any atom is -0.344 e. The molecule has 4 heterocycles. The number of allylic oxidation sites excluding steroid dienone is 6. The van der Waals surface area contributed by atoms with E-state index in [-0.39, 0.29) is 46.7 Å². The number of urea groups is 2. The summed E-state index contributed by atoms with van der Waals surface area (Å²) >= 11 is 0. The van der Waals surface area contributed by atoms with E-state index in [2.05, 4.69) is 9.80 Å². The van der Waals surface area contributed by atoms with Crippen LogP contribution in [0.5, 0.6) is 0 Å². The number of carbonyl (C=O) groups excluding carboxylic acids is 6. The number of rotatable bonds is 15. The highest BCUT2D eigenvalue weighted by Gasteiger charge is 2.50. The molecule has 426 valence electrons. The number of carbonyl (C=O) groups is 6. The molecule has 0 bridgehead atoms. The summed E-state index contributed by atoms with van der Waals surface area (Å²) in [6.45, 7) is 8.99. The molecule has 18 nitrogen and oxygen atoms in total. The van der Waals surface area contributed by atoms with E-state index in [9.17, 15) is 49.0 Å². The average molecular weight is 1100 g/mol. The van der Waals surface area contributed by atoms with Gasteiger partial charge in [0.2, 0.25) is 0 Å². The molecule has 6 fully saturated rings. The number of barbiturate groups is 2. The van der Waals surface area contributed by atoms with E-state index < -0.39 is 56.4 Å². The molecule has 0 spiro atoms. The van der Waals surface area contributed by atoms with E-state index >= 15 is 0 Å². The van der Waals surface area contributed by atoms with Crippen LogP contribution >= 0.6 is 0 Å². The van der Waals surface area contributed by atoms with E-state index in [1.165, 1.54) is 31.7 Å². The summed E-state index contributed by atoms with van der Waals surface area (Å²) in [4.78, 5) is 119. The van der Waals surface area contributed by atoms with Gasteiger partial charge in [0.05, 0.1) is 9.85 Å². The van der Waals surface area contributed by atoms with Gasteiger partial charge in [-0.3, -0.25) is 59.0 Å². The predicted octanol–water partition coefficient (Wildman–Crippen LogP) is 12.5. The molecule has 0 aromatic heterocycles. The van der Waals surface area contributed by atoms with Gasteiger partial charge in [-0.15, -0.1) is 0 Å². The van der Waals surface area contributed by atoms with Crippen molar-refractivity contribution in [2.24, 2.45) is 0 Å². The fourth-order valence-corrected chi connectivity index (χ4v) is 14.5. The summed E-state index contributed by atoms with van der Waals surface area (Å²) in [7, 11) is 0. The van der Waals surface area contributed by atoms with E-state index in [4.69, 9.17) is 0 Å².